The maximum Gasteiger partial charge on any atom is 0.243 e. The molecular weight excluding hydrogens is 444 g/mol. The number of likely N-dealkylation sites (N-methyl/N-ethyl adjacent to an activating group) is 1. The van der Waals surface area contributed by atoms with E-state index in [4.69, 9.17) is 5.26 Å². The van der Waals surface area contributed by atoms with Gasteiger partial charge in [0, 0.05) is 17.3 Å². The molecule has 2 heterocycles. The molecule has 6 nitrogen and oxygen atoms in total. The highest BCUT2D eigenvalue weighted by Crippen LogP contribution is 2.31. The fourth-order valence-corrected chi connectivity index (χ4v) is 5.38. The van der Waals surface area contributed by atoms with Crippen molar-refractivity contribution in [1.29, 1.82) is 5.26 Å². The number of nitrogens with zero attached hydrogens (tertiary/aromatic N) is 2. The van der Waals surface area contributed by atoms with Crippen LogP contribution in [0.3, 0.4) is 0 Å². The van der Waals surface area contributed by atoms with E-state index in [0.717, 1.165) is 22.4 Å². The number of amides is 2. The second-order valence-corrected chi connectivity index (χ2v) is 9.52. The van der Waals surface area contributed by atoms with Gasteiger partial charge in [-0.1, -0.05) is 60.7 Å². The molecule has 2 aromatic carbocycles. The van der Waals surface area contributed by atoms with Crippen molar-refractivity contribution < 1.29 is 9.59 Å². The first kappa shape index (κ1) is 23.7. The summed E-state index contributed by atoms with van der Waals surface area (Å²) < 4.78 is 0. The van der Waals surface area contributed by atoms with Crippen LogP contribution in [0.15, 0.2) is 72.8 Å². The molecule has 1 aliphatic heterocycles. The minimum absolute atomic E-state index is 0.0688. The Morgan fingerprint density at radius 3 is 2.26 bits per heavy atom. The largest absolute Gasteiger partial charge is 0.349 e. The summed E-state index contributed by atoms with van der Waals surface area (Å²) in [5.74, 6) is -0.399. The SMILES string of the molecule is CN[C@@H](C(=O)N1CCC[C@H]1C(=O)NCc1ccc(C#N)s1)C(c1ccccc1)c1ccccc1. The molecule has 0 aliphatic carbocycles. The average molecular weight is 473 g/mol. The van der Waals surface area contributed by atoms with E-state index in [2.05, 4.69) is 16.7 Å². The predicted octanol–water partition coefficient (Wildman–Crippen LogP) is 3.65. The van der Waals surface area contributed by atoms with E-state index >= 15 is 0 Å². The lowest BCUT2D eigenvalue weighted by Gasteiger charge is -2.33. The highest BCUT2D eigenvalue weighted by Gasteiger charge is 2.40. The molecule has 0 radical (unpaired) electrons. The molecular formula is C27H28N4O2S. The second-order valence-electron chi connectivity index (χ2n) is 8.35. The van der Waals surface area contributed by atoms with Gasteiger partial charge in [0.1, 0.15) is 17.0 Å². The Bertz CT molecular complexity index is 1120. The van der Waals surface area contributed by atoms with E-state index in [-0.39, 0.29) is 17.7 Å². The third-order valence-corrected chi connectivity index (χ3v) is 7.26. The van der Waals surface area contributed by atoms with Gasteiger partial charge >= 0.3 is 0 Å². The topological polar surface area (TPSA) is 85.2 Å². The van der Waals surface area contributed by atoms with Crippen molar-refractivity contribution in [3.8, 4) is 6.07 Å². The zero-order chi connectivity index (χ0) is 23.9. The highest BCUT2D eigenvalue weighted by atomic mass is 32.1. The number of benzene rings is 2. The van der Waals surface area contributed by atoms with Crippen LogP contribution in [0.4, 0.5) is 0 Å². The lowest BCUT2D eigenvalue weighted by Crippen LogP contribution is -2.53. The maximum absolute atomic E-state index is 13.8. The van der Waals surface area contributed by atoms with E-state index in [0.29, 0.717) is 24.4 Å². The first-order valence-electron chi connectivity index (χ1n) is 11.5. The number of nitrogens with one attached hydrogen (secondary N) is 2. The van der Waals surface area contributed by atoms with Crippen LogP contribution in [0.25, 0.3) is 0 Å². The van der Waals surface area contributed by atoms with Crippen LogP contribution in [-0.2, 0) is 16.1 Å². The third-order valence-electron chi connectivity index (χ3n) is 6.27. The Morgan fingerprint density at radius 2 is 1.71 bits per heavy atom. The molecule has 34 heavy (non-hydrogen) atoms. The maximum atomic E-state index is 13.8. The summed E-state index contributed by atoms with van der Waals surface area (Å²) >= 11 is 1.37. The Hall–Kier alpha value is -3.47. The van der Waals surface area contributed by atoms with Gasteiger partial charge in [-0.2, -0.15) is 5.26 Å². The molecule has 174 valence electrons. The Morgan fingerprint density at radius 1 is 1.06 bits per heavy atom. The van der Waals surface area contributed by atoms with Crippen molar-refractivity contribution in [3.63, 3.8) is 0 Å². The molecule has 1 saturated heterocycles. The van der Waals surface area contributed by atoms with Crippen LogP contribution >= 0.6 is 11.3 Å². The molecule has 1 aromatic heterocycles. The minimum atomic E-state index is -0.506. The number of likely N-dealkylation sites (tertiary alicyclic amines) is 1. The van der Waals surface area contributed by atoms with Crippen LogP contribution in [-0.4, -0.2) is 42.4 Å². The van der Waals surface area contributed by atoms with Gasteiger partial charge in [-0.15, -0.1) is 11.3 Å². The number of hydrogen-bond donors (Lipinski definition) is 2. The van der Waals surface area contributed by atoms with E-state index < -0.39 is 12.1 Å². The molecule has 2 N–H and O–H groups in total. The smallest absolute Gasteiger partial charge is 0.243 e. The number of carbonyl (C=O) groups is 2. The van der Waals surface area contributed by atoms with Gasteiger partial charge in [0.05, 0.1) is 12.6 Å². The standard InChI is InChI=1S/C27H28N4O2S/c1-29-25(24(19-9-4-2-5-10-19)20-11-6-3-7-12-20)27(33)31-16-8-13-23(31)26(32)30-18-22-15-14-21(17-28)34-22/h2-7,9-12,14-15,23-25,29H,8,13,16,18H2,1H3,(H,30,32)/t23-,25+/m0/s1. The van der Waals surface area contributed by atoms with Crippen molar-refractivity contribution >= 4 is 23.2 Å². The molecule has 3 aromatic rings. The second kappa shape index (κ2) is 11.1. The highest BCUT2D eigenvalue weighted by molar-refractivity contribution is 7.12. The molecule has 1 aliphatic rings. The molecule has 1 fully saturated rings. The zero-order valence-corrected chi connectivity index (χ0v) is 19.9. The van der Waals surface area contributed by atoms with Crippen LogP contribution in [0.5, 0.6) is 0 Å². The number of carbonyl (C=O) groups excluding carboxylic acids is 2. The number of thiophene rings is 1. The van der Waals surface area contributed by atoms with Crippen molar-refractivity contribution in [3.05, 3.63) is 93.7 Å². The van der Waals surface area contributed by atoms with Crippen LogP contribution in [0.1, 0.15) is 39.6 Å². The van der Waals surface area contributed by atoms with Crippen LogP contribution < -0.4 is 10.6 Å². The van der Waals surface area contributed by atoms with Crippen LogP contribution in [0.2, 0.25) is 0 Å². The van der Waals surface area contributed by atoms with Gasteiger partial charge in [0.2, 0.25) is 11.8 Å². The van der Waals surface area contributed by atoms with Gasteiger partial charge < -0.3 is 15.5 Å². The molecule has 4 rings (SSSR count). The summed E-state index contributed by atoms with van der Waals surface area (Å²) in [7, 11) is 1.80. The van der Waals surface area contributed by atoms with Gasteiger partial charge in [-0.05, 0) is 43.1 Å². The molecule has 0 unspecified atom stereocenters. The predicted molar refractivity (Wildman–Crippen MR) is 133 cm³/mol. The molecule has 2 amide bonds. The van der Waals surface area contributed by atoms with Gasteiger partial charge in [-0.25, -0.2) is 0 Å². The minimum Gasteiger partial charge on any atom is -0.349 e. The van der Waals surface area contributed by atoms with Gasteiger partial charge in [0.25, 0.3) is 0 Å². The van der Waals surface area contributed by atoms with E-state index in [9.17, 15) is 9.59 Å². The Kier molecular flexibility index (Phi) is 7.73. The summed E-state index contributed by atoms with van der Waals surface area (Å²) in [6, 6.07) is 24.8. The number of rotatable bonds is 8. The molecule has 7 heteroatoms. The first-order valence-corrected chi connectivity index (χ1v) is 12.3. The van der Waals surface area contributed by atoms with E-state index in [1.54, 1.807) is 18.0 Å². The van der Waals surface area contributed by atoms with E-state index in [1.807, 2.05) is 66.7 Å². The summed E-state index contributed by atoms with van der Waals surface area (Å²) in [5, 5.41) is 15.2. The van der Waals surface area contributed by atoms with Gasteiger partial charge in [-0.3, -0.25) is 9.59 Å². The summed E-state index contributed by atoms with van der Waals surface area (Å²) in [6.07, 6.45) is 1.43. The third kappa shape index (κ3) is 5.19. The number of hydrogen-bond acceptors (Lipinski definition) is 5. The number of nitriles is 1. The summed E-state index contributed by atoms with van der Waals surface area (Å²) in [6.45, 7) is 0.915. The normalized spacial score (nSPS) is 16.3. The monoisotopic (exact) mass is 472 g/mol. The van der Waals surface area contributed by atoms with Crippen molar-refractivity contribution in [2.75, 3.05) is 13.6 Å². The average Bonchev–Trinajstić information content (AvgIpc) is 3.56. The van der Waals surface area contributed by atoms with E-state index in [1.165, 1.54) is 11.3 Å². The first-order chi connectivity index (χ1) is 16.6. The molecule has 0 spiro atoms. The lowest BCUT2D eigenvalue weighted by molar-refractivity contribution is -0.140. The fraction of sp³-hybridized carbons (Fsp3) is 0.296. The molecule has 0 bridgehead atoms. The summed E-state index contributed by atoms with van der Waals surface area (Å²) in [5.41, 5.74) is 2.10. The quantitative estimate of drug-likeness (QED) is 0.524. The van der Waals surface area contributed by atoms with Crippen molar-refractivity contribution in [2.24, 2.45) is 0 Å². The fourth-order valence-electron chi connectivity index (χ4n) is 4.64. The summed E-state index contributed by atoms with van der Waals surface area (Å²) in [4.78, 5) is 30.2. The van der Waals surface area contributed by atoms with Crippen LogP contribution in [0, 0.1) is 11.3 Å². The van der Waals surface area contributed by atoms with Gasteiger partial charge in [0.15, 0.2) is 0 Å². The molecule has 2 atom stereocenters. The van der Waals surface area contributed by atoms with Crippen molar-refractivity contribution in [2.45, 2.75) is 37.4 Å². The van der Waals surface area contributed by atoms with Crippen molar-refractivity contribution in [1.82, 2.24) is 15.5 Å². The lowest BCUT2D eigenvalue weighted by atomic mass is 9.84. The Balaban J connectivity index is 1.53. The molecule has 0 saturated carbocycles. The Labute approximate surface area is 204 Å². The zero-order valence-electron chi connectivity index (χ0n) is 19.1.